The summed E-state index contributed by atoms with van der Waals surface area (Å²) in [6.45, 7) is 1.54. The Morgan fingerprint density at radius 3 is 2.16 bits per heavy atom. The summed E-state index contributed by atoms with van der Waals surface area (Å²) >= 11 is 0. The number of aliphatic carboxylic acids is 2. The van der Waals surface area contributed by atoms with Gasteiger partial charge < -0.3 is 24.3 Å². The molecule has 198 valence electrons. The van der Waals surface area contributed by atoms with Crippen LogP contribution in [0, 0.1) is 5.92 Å². The Balaban J connectivity index is 0.000000479. The smallest absolute Gasteiger partial charge is 0.490 e. The van der Waals surface area contributed by atoms with Crippen molar-refractivity contribution in [3.05, 3.63) is 52.7 Å². The third-order valence-corrected chi connectivity index (χ3v) is 5.83. The number of hydrogen-bond donors (Lipinski definition) is 2. The molecule has 37 heavy (non-hydrogen) atoms. The molecule has 2 N–H and O–H groups in total. The van der Waals surface area contributed by atoms with Gasteiger partial charge >= 0.3 is 18.1 Å². The van der Waals surface area contributed by atoms with Gasteiger partial charge in [0.2, 0.25) is 0 Å². The summed E-state index contributed by atoms with van der Waals surface area (Å²) in [5.74, 6) is -2.55. The fourth-order valence-corrected chi connectivity index (χ4v) is 3.92. The fourth-order valence-electron chi connectivity index (χ4n) is 3.92. The normalized spacial score (nSPS) is 13.9. The molecule has 1 aliphatic rings. The predicted octanol–water partition coefficient (Wildman–Crippen LogP) is 2.77. The maximum atomic E-state index is 12.5. The average molecular weight is 523 g/mol. The summed E-state index contributed by atoms with van der Waals surface area (Å²) in [5.41, 5.74) is 2.48. The lowest BCUT2D eigenvalue weighted by molar-refractivity contribution is -0.192. The maximum absolute atomic E-state index is 12.5. The number of alkyl halides is 3. The zero-order valence-corrected chi connectivity index (χ0v) is 20.1. The molecule has 13 heteroatoms. The molecular weight excluding hydrogens is 499 g/mol. The van der Waals surface area contributed by atoms with Crippen LogP contribution in [0.1, 0.15) is 5.56 Å². The van der Waals surface area contributed by atoms with E-state index >= 15 is 0 Å². The molecule has 0 atom stereocenters. The van der Waals surface area contributed by atoms with Crippen molar-refractivity contribution in [2.45, 2.75) is 12.7 Å². The Kier molecular flexibility index (Phi) is 8.06. The largest absolute Gasteiger partial charge is 0.496 e. The van der Waals surface area contributed by atoms with E-state index in [1.54, 1.807) is 39.9 Å². The molecule has 0 unspecified atom stereocenters. The first-order valence-electron chi connectivity index (χ1n) is 10.8. The number of likely N-dealkylation sites (tertiary alicyclic amines) is 1. The van der Waals surface area contributed by atoms with Crippen LogP contribution in [-0.2, 0) is 23.2 Å². The van der Waals surface area contributed by atoms with E-state index in [9.17, 15) is 22.8 Å². The Labute approximate surface area is 208 Å². The average Bonchev–Trinajstić information content (AvgIpc) is 2.82. The first-order chi connectivity index (χ1) is 17.4. The number of fused-ring (bicyclic) bond motifs is 1. The highest BCUT2D eigenvalue weighted by Crippen LogP contribution is 2.38. The number of carbonyl (C=O) groups is 2. The van der Waals surface area contributed by atoms with Crippen molar-refractivity contribution >= 4 is 22.7 Å². The van der Waals surface area contributed by atoms with Gasteiger partial charge in [0.05, 0.1) is 31.1 Å². The topological polar surface area (TPSA) is 131 Å². The number of aromatic nitrogens is 2. The van der Waals surface area contributed by atoms with Gasteiger partial charge in [-0.15, -0.1) is 0 Å². The Hall–Kier alpha value is -4.13. The molecule has 10 nitrogen and oxygen atoms in total. The van der Waals surface area contributed by atoms with Crippen LogP contribution in [0.25, 0.3) is 21.9 Å². The first kappa shape index (κ1) is 27.5. The summed E-state index contributed by atoms with van der Waals surface area (Å²) < 4.78 is 44.6. The third-order valence-electron chi connectivity index (χ3n) is 5.83. The van der Waals surface area contributed by atoms with E-state index in [-0.39, 0.29) is 11.5 Å². The standard InChI is InChI=1S/C22H23N3O5.C2HF3O2/c1-24-11-17(15-4-5-23-8-16(15)21(24)26)13-6-19(29-2)18(20(7-13)30-3)12-25-9-14(10-25)22(27)28;3-2(4,5)1(6)7/h4-8,11,14H,9-10,12H2,1-3H3,(H,27,28);(H,6,7). The lowest BCUT2D eigenvalue weighted by atomic mass is 9.96. The summed E-state index contributed by atoms with van der Waals surface area (Å²) in [6, 6.07) is 5.67. The van der Waals surface area contributed by atoms with Crippen LogP contribution in [0.3, 0.4) is 0 Å². The number of nitrogens with zero attached hydrogens (tertiary/aromatic N) is 3. The van der Waals surface area contributed by atoms with Crippen molar-refractivity contribution < 1.29 is 42.4 Å². The molecule has 1 aliphatic heterocycles. The van der Waals surface area contributed by atoms with Gasteiger partial charge in [-0.3, -0.25) is 19.5 Å². The van der Waals surface area contributed by atoms with E-state index < -0.39 is 18.1 Å². The van der Waals surface area contributed by atoms with Crippen LogP contribution in [0.15, 0.2) is 41.6 Å². The minimum Gasteiger partial charge on any atom is -0.496 e. The van der Waals surface area contributed by atoms with Gasteiger partial charge in [0.25, 0.3) is 5.56 Å². The summed E-state index contributed by atoms with van der Waals surface area (Å²) in [7, 11) is 4.91. The van der Waals surface area contributed by atoms with Crippen molar-refractivity contribution in [1.82, 2.24) is 14.5 Å². The van der Waals surface area contributed by atoms with Crippen LogP contribution in [0.5, 0.6) is 11.5 Å². The second-order valence-electron chi connectivity index (χ2n) is 8.27. The van der Waals surface area contributed by atoms with Gasteiger partial charge in [-0.25, -0.2) is 4.79 Å². The van der Waals surface area contributed by atoms with E-state index in [0.29, 0.717) is 36.5 Å². The van der Waals surface area contributed by atoms with Crippen molar-refractivity contribution in [2.24, 2.45) is 13.0 Å². The molecule has 1 aromatic carbocycles. The van der Waals surface area contributed by atoms with Gasteiger partial charge in [0, 0.05) is 50.8 Å². The molecule has 0 aliphatic carbocycles. The fraction of sp³-hybridized carbons (Fsp3) is 0.333. The number of halogens is 3. The molecule has 0 amide bonds. The summed E-state index contributed by atoms with van der Waals surface area (Å²) in [6.07, 6.45) is -0.0466. The molecule has 0 spiro atoms. The maximum Gasteiger partial charge on any atom is 0.490 e. The molecule has 2 aromatic heterocycles. The van der Waals surface area contributed by atoms with Crippen LogP contribution in [-0.4, -0.2) is 70.1 Å². The monoisotopic (exact) mass is 523 g/mol. The van der Waals surface area contributed by atoms with Crippen LogP contribution >= 0.6 is 0 Å². The van der Waals surface area contributed by atoms with Crippen molar-refractivity contribution in [3.63, 3.8) is 0 Å². The number of hydrogen-bond acceptors (Lipinski definition) is 7. The van der Waals surface area contributed by atoms with E-state index in [0.717, 1.165) is 22.1 Å². The van der Waals surface area contributed by atoms with Crippen molar-refractivity contribution in [2.75, 3.05) is 27.3 Å². The van der Waals surface area contributed by atoms with Gasteiger partial charge in [-0.2, -0.15) is 13.2 Å². The molecule has 0 saturated carbocycles. The van der Waals surface area contributed by atoms with Gasteiger partial charge in [0.1, 0.15) is 11.5 Å². The first-order valence-corrected chi connectivity index (χ1v) is 10.8. The van der Waals surface area contributed by atoms with E-state index in [2.05, 4.69) is 4.98 Å². The number of rotatable bonds is 6. The molecule has 3 aromatic rings. The Morgan fingerprint density at radius 1 is 1.11 bits per heavy atom. The number of ether oxygens (including phenoxy) is 2. The quantitative estimate of drug-likeness (QED) is 0.501. The Bertz CT molecular complexity index is 1360. The molecule has 3 heterocycles. The second kappa shape index (κ2) is 10.9. The van der Waals surface area contributed by atoms with Crippen LogP contribution < -0.4 is 15.0 Å². The summed E-state index contributed by atoms with van der Waals surface area (Å²) in [4.78, 5) is 38.6. The number of carboxylic acid groups (broad SMARTS) is 2. The minimum absolute atomic E-state index is 0.108. The van der Waals surface area contributed by atoms with Gasteiger partial charge in [-0.1, -0.05) is 0 Å². The molecule has 1 saturated heterocycles. The zero-order valence-electron chi connectivity index (χ0n) is 20.1. The second-order valence-corrected chi connectivity index (χ2v) is 8.27. The number of pyridine rings is 2. The highest BCUT2D eigenvalue weighted by atomic mass is 19.4. The van der Waals surface area contributed by atoms with Gasteiger partial charge in [-0.05, 0) is 29.1 Å². The zero-order chi connectivity index (χ0) is 27.5. The van der Waals surface area contributed by atoms with E-state index in [4.69, 9.17) is 24.5 Å². The molecule has 4 rings (SSSR count). The number of benzene rings is 1. The molecule has 0 radical (unpaired) electrons. The highest BCUT2D eigenvalue weighted by molar-refractivity contribution is 5.95. The van der Waals surface area contributed by atoms with Crippen LogP contribution in [0.4, 0.5) is 13.2 Å². The van der Waals surface area contributed by atoms with Crippen molar-refractivity contribution in [1.29, 1.82) is 0 Å². The predicted molar refractivity (Wildman–Crippen MR) is 126 cm³/mol. The lowest BCUT2D eigenvalue weighted by Crippen LogP contribution is -2.49. The molecular formula is C24H24F3N3O7. The number of aryl methyl sites for hydroxylation is 1. The minimum atomic E-state index is -5.08. The van der Waals surface area contributed by atoms with Gasteiger partial charge in [0.15, 0.2) is 0 Å². The highest BCUT2D eigenvalue weighted by Gasteiger charge is 2.38. The van der Waals surface area contributed by atoms with E-state index in [1.165, 1.54) is 4.57 Å². The molecule has 0 bridgehead atoms. The number of methoxy groups -OCH3 is 2. The lowest BCUT2D eigenvalue weighted by Gasteiger charge is -2.37. The molecule has 1 fully saturated rings. The van der Waals surface area contributed by atoms with Crippen LogP contribution in [0.2, 0.25) is 0 Å². The summed E-state index contributed by atoms with van der Waals surface area (Å²) in [5, 5.41) is 17.6. The van der Waals surface area contributed by atoms with E-state index in [1.807, 2.05) is 23.1 Å². The Morgan fingerprint density at radius 2 is 1.68 bits per heavy atom. The SMILES string of the molecule is COc1cc(-c2cn(C)c(=O)c3cnccc23)cc(OC)c1CN1CC(C(=O)O)C1.O=C(O)C(F)(F)F. The third kappa shape index (κ3) is 6.00. The number of carboxylic acids is 2. The van der Waals surface area contributed by atoms with Crippen molar-refractivity contribution in [3.8, 4) is 22.6 Å².